The molecule has 0 saturated carbocycles. The molecule has 1 aliphatic rings. The van der Waals surface area contributed by atoms with Crippen LogP contribution in [0.2, 0.25) is 0 Å². The Morgan fingerprint density at radius 3 is 2.54 bits per heavy atom. The number of halogens is 8. The van der Waals surface area contributed by atoms with E-state index in [1.807, 2.05) is 0 Å². The van der Waals surface area contributed by atoms with Gasteiger partial charge in [0, 0.05) is 22.7 Å². The third kappa shape index (κ3) is 4.99. The van der Waals surface area contributed by atoms with Gasteiger partial charge in [0.05, 0.1) is 24.2 Å². The molecule has 2 aromatic rings. The summed E-state index contributed by atoms with van der Waals surface area (Å²) in [5.74, 6) is -7.37. The Labute approximate surface area is 203 Å². The SMILES string of the molecule is Cc1nn(C(F)F)cc1NC(=O)[C@@H]1O[C@@](C)(C(F)(F)F)[C@@H](C)[C@H]1c1ccc(F)c(F)c1OCCBr. The third-order valence-electron chi connectivity index (χ3n) is 6.06. The number of carbonyl (C=O) groups excluding carboxylic acids is 1. The van der Waals surface area contributed by atoms with Crippen molar-refractivity contribution in [2.24, 2.45) is 5.92 Å². The van der Waals surface area contributed by atoms with E-state index in [0.29, 0.717) is 6.07 Å². The van der Waals surface area contributed by atoms with Gasteiger partial charge in [-0.15, -0.1) is 0 Å². The molecular formula is C21H21BrF7N3O3. The van der Waals surface area contributed by atoms with Crippen LogP contribution in [0.15, 0.2) is 18.3 Å². The highest BCUT2D eigenvalue weighted by Crippen LogP contribution is 2.55. The van der Waals surface area contributed by atoms with Gasteiger partial charge in [-0.1, -0.05) is 28.9 Å². The van der Waals surface area contributed by atoms with Gasteiger partial charge < -0.3 is 14.8 Å². The molecule has 4 atom stereocenters. The molecule has 35 heavy (non-hydrogen) atoms. The normalized spacial score (nSPS) is 24.7. The van der Waals surface area contributed by atoms with Gasteiger partial charge in [0.25, 0.3) is 5.91 Å². The lowest BCUT2D eigenvalue weighted by Crippen LogP contribution is -2.47. The van der Waals surface area contributed by atoms with E-state index < -0.39 is 59.6 Å². The average Bonchev–Trinajstić information content (AvgIpc) is 3.27. The van der Waals surface area contributed by atoms with Crippen LogP contribution in [-0.2, 0) is 9.53 Å². The first-order valence-electron chi connectivity index (χ1n) is 10.3. The van der Waals surface area contributed by atoms with E-state index in [9.17, 15) is 35.5 Å². The Morgan fingerprint density at radius 2 is 2.00 bits per heavy atom. The molecule has 0 unspecified atom stereocenters. The number of hydrogen-bond donors (Lipinski definition) is 1. The highest BCUT2D eigenvalue weighted by molar-refractivity contribution is 9.09. The maximum absolute atomic E-state index is 14.6. The number of nitrogens with zero attached hydrogens (tertiary/aromatic N) is 2. The zero-order valence-electron chi connectivity index (χ0n) is 18.6. The van der Waals surface area contributed by atoms with Crippen LogP contribution in [0.25, 0.3) is 0 Å². The molecule has 1 saturated heterocycles. The smallest absolute Gasteiger partial charge is 0.417 e. The number of nitrogens with one attached hydrogen (secondary N) is 1. The van der Waals surface area contributed by atoms with E-state index in [-0.39, 0.29) is 33.6 Å². The number of rotatable bonds is 7. The lowest BCUT2D eigenvalue weighted by molar-refractivity contribution is -0.272. The van der Waals surface area contributed by atoms with Crippen molar-refractivity contribution in [1.29, 1.82) is 0 Å². The molecule has 3 rings (SSSR count). The van der Waals surface area contributed by atoms with E-state index >= 15 is 0 Å². The molecule has 1 aliphatic heterocycles. The third-order valence-corrected chi connectivity index (χ3v) is 6.39. The summed E-state index contributed by atoms with van der Waals surface area (Å²) in [6.07, 6.45) is -5.98. The lowest BCUT2D eigenvalue weighted by atomic mass is 9.77. The maximum Gasteiger partial charge on any atom is 0.417 e. The zero-order valence-corrected chi connectivity index (χ0v) is 20.2. The van der Waals surface area contributed by atoms with Crippen LogP contribution in [0, 0.1) is 24.5 Å². The predicted molar refractivity (Wildman–Crippen MR) is 114 cm³/mol. The molecular weight excluding hydrogens is 555 g/mol. The number of aromatic nitrogens is 2. The van der Waals surface area contributed by atoms with Crippen LogP contribution >= 0.6 is 15.9 Å². The van der Waals surface area contributed by atoms with E-state index in [0.717, 1.165) is 19.2 Å². The molecule has 1 fully saturated rings. The first-order valence-corrected chi connectivity index (χ1v) is 11.4. The summed E-state index contributed by atoms with van der Waals surface area (Å²) in [5, 5.41) is 6.00. The summed E-state index contributed by atoms with van der Waals surface area (Å²) < 4.78 is 107. The minimum Gasteiger partial charge on any atom is -0.489 e. The van der Waals surface area contributed by atoms with Gasteiger partial charge in [0.15, 0.2) is 17.2 Å². The standard InChI is InChI=1S/C21H21BrF7N3O3/c1-9-14(11-4-5-12(23)15(24)16(11)34-7-6-22)17(35-20(9,3)21(27,28)29)18(33)30-13-8-32(19(25)26)31-10(13)2/h4-5,8-9,14,17,19H,6-7H2,1-3H3,(H,30,33)/t9-,14-,17+,20+/m0/s1. The van der Waals surface area contributed by atoms with Crippen LogP contribution in [0.4, 0.5) is 36.4 Å². The van der Waals surface area contributed by atoms with Crippen LogP contribution in [0.5, 0.6) is 5.75 Å². The number of ether oxygens (including phenoxy) is 2. The molecule has 194 valence electrons. The fourth-order valence-corrected chi connectivity index (χ4v) is 4.19. The predicted octanol–water partition coefficient (Wildman–Crippen LogP) is 5.72. The molecule has 2 heterocycles. The Balaban J connectivity index is 2.09. The minimum absolute atomic E-state index is 0.0194. The van der Waals surface area contributed by atoms with Gasteiger partial charge in [-0.3, -0.25) is 4.79 Å². The molecule has 0 spiro atoms. The van der Waals surface area contributed by atoms with Crippen LogP contribution < -0.4 is 10.1 Å². The Hall–Kier alpha value is -2.35. The summed E-state index contributed by atoms with van der Waals surface area (Å²) in [7, 11) is 0. The molecule has 1 N–H and O–H groups in total. The first kappa shape index (κ1) is 27.2. The fourth-order valence-electron chi connectivity index (χ4n) is 4.03. The van der Waals surface area contributed by atoms with Gasteiger partial charge in [-0.05, 0) is 19.9 Å². The number of alkyl halides is 6. The zero-order chi connectivity index (χ0) is 26.3. The number of aryl methyl sites for hydroxylation is 1. The number of anilines is 1. The van der Waals surface area contributed by atoms with E-state index in [4.69, 9.17) is 9.47 Å². The Bertz CT molecular complexity index is 1090. The minimum atomic E-state index is -4.94. The molecule has 0 bridgehead atoms. The van der Waals surface area contributed by atoms with Gasteiger partial charge in [0.2, 0.25) is 5.82 Å². The second-order valence-electron chi connectivity index (χ2n) is 8.15. The number of carbonyl (C=O) groups is 1. The second kappa shape index (κ2) is 9.96. The molecule has 1 aromatic carbocycles. The largest absolute Gasteiger partial charge is 0.489 e. The van der Waals surface area contributed by atoms with Gasteiger partial charge in [0.1, 0.15) is 6.10 Å². The number of hydrogen-bond acceptors (Lipinski definition) is 4. The van der Waals surface area contributed by atoms with E-state index in [2.05, 4.69) is 26.3 Å². The topological polar surface area (TPSA) is 65.4 Å². The Morgan fingerprint density at radius 1 is 1.34 bits per heavy atom. The van der Waals surface area contributed by atoms with Gasteiger partial charge >= 0.3 is 12.7 Å². The molecule has 6 nitrogen and oxygen atoms in total. The summed E-state index contributed by atoms with van der Waals surface area (Å²) >= 11 is 3.07. The van der Waals surface area contributed by atoms with Crippen molar-refractivity contribution in [2.75, 3.05) is 17.3 Å². The summed E-state index contributed by atoms with van der Waals surface area (Å²) in [4.78, 5) is 13.1. The summed E-state index contributed by atoms with van der Waals surface area (Å²) in [6.45, 7) is 0.0674. The van der Waals surface area contributed by atoms with Crippen molar-refractivity contribution in [3.63, 3.8) is 0 Å². The molecule has 1 aromatic heterocycles. The highest BCUT2D eigenvalue weighted by atomic mass is 79.9. The quantitative estimate of drug-likeness (QED) is 0.339. The van der Waals surface area contributed by atoms with Crippen molar-refractivity contribution in [2.45, 2.75) is 51.1 Å². The summed E-state index contributed by atoms with van der Waals surface area (Å²) in [5.41, 5.74) is -3.24. The van der Waals surface area contributed by atoms with Gasteiger partial charge in [-0.2, -0.15) is 31.4 Å². The van der Waals surface area contributed by atoms with Gasteiger partial charge in [-0.25, -0.2) is 9.07 Å². The Kier molecular flexibility index (Phi) is 7.75. The molecule has 0 aliphatic carbocycles. The summed E-state index contributed by atoms with van der Waals surface area (Å²) in [6, 6.07) is 1.75. The van der Waals surface area contributed by atoms with Crippen molar-refractivity contribution in [3.8, 4) is 5.75 Å². The molecule has 1 amide bonds. The van der Waals surface area contributed by atoms with Crippen molar-refractivity contribution < 1.29 is 45.0 Å². The highest BCUT2D eigenvalue weighted by Gasteiger charge is 2.66. The first-order chi connectivity index (χ1) is 16.2. The van der Waals surface area contributed by atoms with Crippen LogP contribution in [0.3, 0.4) is 0 Å². The monoisotopic (exact) mass is 575 g/mol. The number of benzene rings is 1. The van der Waals surface area contributed by atoms with Crippen molar-refractivity contribution in [3.05, 3.63) is 41.2 Å². The molecule has 0 radical (unpaired) electrons. The fraction of sp³-hybridized carbons (Fsp3) is 0.524. The van der Waals surface area contributed by atoms with Crippen molar-refractivity contribution >= 4 is 27.5 Å². The number of amides is 1. The van der Waals surface area contributed by atoms with E-state index in [1.54, 1.807) is 0 Å². The average molecular weight is 576 g/mol. The molecule has 14 heteroatoms. The van der Waals surface area contributed by atoms with Crippen molar-refractivity contribution in [1.82, 2.24) is 9.78 Å². The lowest BCUT2D eigenvalue weighted by Gasteiger charge is -2.32. The van der Waals surface area contributed by atoms with E-state index in [1.165, 1.54) is 13.8 Å². The maximum atomic E-state index is 14.6. The van der Waals surface area contributed by atoms with Crippen LogP contribution in [-0.4, -0.2) is 45.5 Å². The van der Waals surface area contributed by atoms with Crippen LogP contribution in [0.1, 0.15) is 37.6 Å². The second-order valence-corrected chi connectivity index (χ2v) is 8.94.